The summed E-state index contributed by atoms with van der Waals surface area (Å²) >= 11 is 8.20. The monoisotopic (exact) mass is 321 g/mol. The normalized spacial score (nSPS) is 10.9. The molecule has 0 aliphatic carbocycles. The highest BCUT2D eigenvalue weighted by Crippen LogP contribution is 2.29. The van der Waals surface area contributed by atoms with Crippen LogP contribution in [0.25, 0.3) is 10.9 Å². The molecule has 1 heterocycles. The molecule has 1 aromatic heterocycles. The van der Waals surface area contributed by atoms with Crippen LogP contribution in [0, 0.1) is 16.3 Å². The van der Waals surface area contributed by atoms with E-state index < -0.39 is 0 Å². The predicted molar refractivity (Wildman–Crippen MR) is 64.2 cm³/mol. The Labute approximate surface area is 99.4 Å². The molecule has 0 atom stereocenters. The van der Waals surface area contributed by atoms with Crippen molar-refractivity contribution in [2.75, 3.05) is 0 Å². The molecule has 0 aliphatic heterocycles. The van der Waals surface area contributed by atoms with Crippen LogP contribution in [0.1, 0.15) is 5.69 Å². The zero-order valence-electron chi connectivity index (χ0n) is 7.31. The average molecular weight is 322 g/mol. The van der Waals surface area contributed by atoms with Crippen molar-refractivity contribution in [2.24, 2.45) is 0 Å². The molecule has 0 saturated heterocycles. The number of hydrogen-bond donors (Lipinski definition) is 0. The Bertz CT molecular complexity index is 513. The lowest BCUT2D eigenvalue weighted by atomic mass is 10.2. The van der Waals surface area contributed by atoms with Crippen molar-refractivity contribution in [2.45, 2.75) is 6.92 Å². The maximum atomic E-state index is 13.0. The fourth-order valence-electron chi connectivity index (χ4n) is 1.29. The van der Waals surface area contributed by atoms with Crippen LogP contribution in [0.2, 0.25) is 5.02 Å². The minimum Gasteiger partial charge on any atom is -0.252 e. The molecular formula is C10H6ClFIN. The number of nitrogens with zero attached hydrogens (tertiary/aromatic N) is 1. The smallest absolute Gasteiger partial charge is 0.124 e. The van der Waals surface area contributed by atoms with Crippen LogP contribution < -0.4 is 0 Å². The average Bonchev–Trinajstić information content (AvgIpc) is 2.16. The number of aromatic nitrogens is 1. The van der Waals surface area contributed by atoms with E-state index in [1.165, 1.54) is 12.1 Å². The quantitative estimate of drug-likeness (QED) is 0.670. The van der Waals surface area contributed by atoms with Gasteiger partial charge in [0.25, 0.3) is 0 Å². The largest absolute Gasteiger partial charge is 0.252 e. The van der Waals surface area contributed by atoms with Gasteiger partial charge in [-0.15, -0.1) is 0 Å². The summed E-state index contributed by atoms with van der Waals surface area (Å²) < 4.78 is 13.8. The van der Waals surface area contributed by atoms with Gasteiger partial charge < -0.3 is 0 Å². The van der Waals surface area contributed by atoms with Crippen molar-refractivity contribution in [1.29, 1.82) is 0 Å². The molecule has 0 saturated carbocycles. The molecule has 0 aliphatic rings. The number of fused-ring (bicyclic) bond motifs is 1. The summed E-state index contributed by atoms with van der Waals surface area (Å²) in [5.74, 6) is -0.291. The van der Waals surface area contributed by atoms with Crippen molar-refractivity contribution in [3.05, 3.63) is 38.3 Å². The van der Waals surface area contributed by atoms with Crippen molar-refractivity contribution in [1.82, 2.24) is 4.98 Å². The van der Waals surface area contributed by atoms with Crippen molar-refractivity contribution >= 4 is 45.1 Å². The van der Waals surface area contributed by atoms with Gasteiger partial charge in [0, 0.05) is 5.39 Å². The summed E-state index contributed by atoms with van der Waals surface area (Å²) in [6.45, 7) is 1.89. The molecule has 14 heavy (non-hydrogen) atoms. The van der Waals surface area contributed by atoms with Gasteiger partial charge in [-0.05, 0) is 47.7 Å². The third-order valence-corrected chi connectivity index (χ3v) is 4.02. The molecule has 2 rings (SSSR count). The van der Waals surface area contributed by atoms with Crippen molar-refractivity contribution in [3.8, 4) is 0 Å². The number of aryl methyl sites for hydroxylation is 1. The SMILES string of the molecule is Cc1nc2ccc(F)cc2c(Cl)c1I. The van der Waals surface area contributed by atoms with E-state index in [-0.39, 0.29) is 5.82 Å². The number of halogens is 3. The number of benzene rings is 1. The van der Waals surface area contributed by atoms with E-state index in [9.17, 15) is 4.39 Å². The van der Waals surface area contributed by atoms with E-state index in [0.717, 1.165) is 14.8 Å². The lowest BCUT2D eigenvalue weighted by Gasteiger charge is -2.05. The number of pyridine rings is 1. The summed E-state index contributed by atoms with van der Waals surface area (Å²) in [6, 6.07) is 4.43. The maximum Gasteiger partial charge on any atom is 0.124 e. The van der Waals surface area contributed by atoms with Crippen LogP contribution in [0.4, 0.5) is 4.39 Å². The standard InChI is InChI=1S/C10H6ClFIN/c1-5-10(13)9(11)7-4-6(12)2-3-8(7)14-5/h2-4H,1H3. The Morgan fingerprint density at radius 3 is 2.86 bits per heavy atom. The summed E-state index contributed by atoms with van der Waals surface area (Å²) in [6.07, 6.45) is 0. The second-order valence-corrected chi connectivity index (χ2v) is 4.44. The maximum absolute atomic E-state index is 13.0. The fourth-order valence-corrected chi connectivity index (χ4v) is 1.99. The summed E-state index contributed by atoms with van der Waals surface area (Å²) in [7, 11) is 0. The van der Waals surface area contributed by atoms with E-state index in [4.69, 9.17) is 11.6 Å². The third-order valence-electron chi connectivity index (χ3n) is 1.99. The Balaban J connectivity index is 2.92. The second kappa shape index (κ2) is 3.62. The molecule has 4 heteroatoms. The molecule has 0 fully saturated rings. The van der Waals surface area contributed by atoms with Gasteiger partial charge in [-0.1, -0.05) is 11.6 Å². The van der Waals surface area contributed by atoms with Crippen LogP contribution in [0.5, 0.6) is 0 Å². The molecule has 0 amide bonds. The lowest BCUT2D eigenvalue weighted by molar-refractivity contribution is 0.629. The van der Waals surface area contributed by atoms with E-state index in [2.05, 4.69) is 27.6 Å². The molecule has 72 valence electrons. The molecule has 2 aromatic rings. The topological polar surface area (TPSA) is 12.9 Å². The molecule has 0 unspecified atom stereocenters. The van der Waals surface area contributed by atoms with E-state index >= 15 is 0 Å². The van der Waals surface area contributed by atoms with E-state index in [1.54, 1.807) is 6.07 Å². The first-order valence-corrected chi connectivity index (χ1v) is 5.46. The Morgan fingerprint density at radius 1 is 1.43 bits per heavy atom. The van der Waals surface area contributed by atoms with Gasteiger partial charge in [0.05, 0.1) is 19.8 Å². The summed E-state index contributed by atoms with van der Waals surface area (Å²) in [5, 5.41) is 1.24. The molecule has 1 aromatic carbocycles. The molecule has 1 nitrogen and oxygen atoms in total. The third kappa shape index (κ3) is 1.59. The van der Waals surface area contributed by atoms with Gasteiger partial charge in [0.15, 0.2) is 0 Å². The highest BCUT2D eigenvalue weighted by molar-refractivity contribution is 14.1. The summed E-state index contributed by atoms with van der Waals surface area (Å²) in [4.78, 5) is 4.32. The second-order valence-electron chi connectivity index (χ2n) is 2.99. The number of hydrogen-bond acceptors (Lipinski definition) is 1. The van der Waals surface area contributed by atoms with Crippen LogP contribution in [-0.4, -0.2) is 4.98 Å². The minimum atomic E-state index is -0.291. The highest BCUT2D eigenvalue weighted by Gasteiger charge is 2.08. The van der Waals surface area contributed by atoms with Crippen LogP contribution in [0.15, 0.2) is 18.2 Å². The van der Waals surface area contributed by atoms with Gasteiger partial charge >= 0.3 is 0 Å². The summed E-state index contributed by atoms with van der Waals surface area (Å²) in [5.41, 5.74) is 1.60. The van der Waals surface area contributed by atoms with Crippen LogP contribution >= 0.6 is 34.2 Å². The first-order chi connectivity index (χ1) is 6.59. The first-order valence-electron chi connectivity index (χ1n) is 4.00. The van der Waals surface area contributed by atoms with Gasteiger partial charge in [-0.3, -0.25) is 4.98 Å². The van der Waals surface area contributed by atoms with Crippen LogP contribution in [-0.2, 0) is 0 Å². The molecule has 0 N–H and O–H groups in total. The van der Waals surface area contributed by atoms with Gasteiger partial charge in [0.1, 0.15) is 5.82 Å². The zero-order chi connectivity index (χ0) is 10.3. The van der Waals surface area contributed by atoms with Gasteiger partial charge in [0.2, 0.25) is 0 Å². The first kappa shape index (κ1) is 10.1. The molecule has 0 bridgehead atoms. The Kier molecular flexibility index (Phi) is 2.62. The highest BCUT2D eigenvalue weighted by atomic mass is 127. The predicted octanol–water partition coefficient (Wildman–Crippen LogP) is 3.94. The van der Waals surface area contributed by atoms with Gasteiger partial charge in [-0.25, -0.2) is 4.39 Å². The minimum absolute atomic E-state index is 0.291. The molecular weight excluding hydrogens is 315 g/mol. The lowest BCUT2D eigenvalue weighted by Crippen LogP contribution is -1.91. The van der Waals surface area contributed by atoms with Crippen LogP contribution in [0.3, 0.4) is 0 Å². The van der Waals surface area contributed by atoms with E-state index in [1.807, 2.05) is 6.92 Å². The zero-order valence-corrected chi connectivity index (χ0v) is 10.2. The van der Waals surface area contributed by atoms with Crippen molar-refractivity contribution in [3.63, 3.8) is 0 Å². The fraction of sp³-hybridized carbons (Fsp3) is 0.100. The Morgan fingerprint density at radius 2 is 2.14 bits per heavy atom. The molecule has 0 radical (unpaired) electrons. The van der Waals surface area contributed by atoms with Crippen molar-refractivity contribution < 1.29 is 4.39 Å². The molecule has 0 spiro atoms. The Hall–Kier alpha value is -0.420. The van der Waals surface area contributed by atoms with E-state index in [0.29, 0.717) is 10.4 Å². The van der Waals surface area contributed by atoms with Gasteiger partial charge in [-0.2, -0.15) is 0 Å². The number of rotatable bonds is 0.